The summed E-state index contributed by atoms with van der Waals surface area (Å²) < 4.78 is 10.5. The van der Waals surface area contributed by atoms with Crippen LogP contribution in [0, 0.1) is 0 Å². The van der Waals surface area contributed by atoms with Crippen LogP contribution >= 0.6 is 0 Å². The predicted octanol–water partition coefficient (Wildman–Crippen LogP) is 1.44. The van der Waals surface area contributed by atoms with Crippen LogP contribution in [0.25, 0.3) is 10.8 Å². The Labute approximate surface area is 124 Å². The number of benzene rings is 2. The van der Waals surface area contributed by atoms with Crippen LogP contribution in [0.5, 0.6) is 5.75 Å². The van der Waals surface area contributed by atoms with Crippen LogP contribution in [0.3, 0.4) is 0 Å². The lowest BCUT2D eigenvalue weighted by atomic mass is 10.0. The Morgan fingerprint density at radius 3 is 2.81 bits per heavy atom. The number of methoxy groups -OCH3 is 1. The fraction of sp³-hybridized carbons (Fsp3) is 0.312. The molecule has 0 aliphatic heterocycles. The standard InChI is InChI=1S/C16H20N2O3/c1-20-9-8-18-16(19)11-21-15-7-6-12-4-2-3-5-13(12)14(15)10-17/h2-7H,8-11,17H2,1H3,(H,18,19). The van der Waals surface area contributed by atoms with Crippen molar-refractivity contribution in [1.82, 2.24) is 5.32 Å². The van der Waals surface area contributed by atoms with E-state index < -0.39 is 0 Å². The van der Waals surface area contributed by atoms with Gasteiger partial charge in [0.15, 0.2) is 6.61 Å². The quantitative estimate of drug-likeness (QED) is 0.756. The maximum Gasteiger partial charge on any atom is 0.258 e. The SMILES string of the molecule is COCCNC(=O)COc1ccc2ccccc2c1CN. The lowest BCUT2D eigenvalue weighted by Crippen LogP contribution is -2.31. The molecule has 0 radical (unpaired) electrons. The summed E-state index contributed by atoms with van der Waals surface area (Å²) in [5, 5.41) is 4.87. The normalized spacial score (nSPS) is 10.6. The van der Waals surface area contributed by atoms with Crippen molar-refractivity contribution < 1.29 is 14.3 Å². The molecule has 3 N–H and O–H groups in total. The first-order chi connectivity index (χ1) is 10.3. The number of nitrogens with one attached hydrogen (secondary N) is 1. The van der Waals surface area contributed by atoms with Crippen molar-refractivity contribution in [2.24, 2.45) is 5.73 Å². The minimum absolute atomic E-state index is 0.0327. The molecular weight excluding hydrogens is 268 g/mol. The maximum atomic E-state index is 11.6. The number of hydrogen-bond acceptors (Lipinski definition) is 4. The van der Waals surface area contributed by atoms with Crippen molar-refractivity contribution in [2.75, 3.05) is 26.9 Å². The number of hydrogen-bond donors (Lipinski definition) is 2. The Kier molecular flexibility index (Phi) is 5.54. The minimum Gasteiger partial charge on any atom is -0.483 e. The number of carbonyl (C=O) groups excluding carboxylic acids is 1. The van der Waals surface area contributed by atoms with Gasteiger partial charge < -0.3 is 20.5 Å². The Morgan fingerprint density at radius 1 is 1.24 bits per heavy atom. The maximum absolute atomic E-state index is 11.6. The highest BCUT2D eigenvalue weighted by Crippen LogP contribution is 2.27. The molecule has 0 fully saturated rings. The van der Waals surface area contributed by atoms with Crippen LogP contribution in [-0.2, 0) is 16.1 Å². The van der Waals surface area contributed by atoms with Gasteiger partial charge >= 0.3 is 0 Å². The fourth-order valence-corrected chi connectivity index (χ4v) is 2.15. The highest BCUT2D eigenvalue weighted by Gasteiger charge is 2.09. The Bertz CT molecular complexity index is 613. The molecule has 0 atom stereocenters. The van der Waals surface area contributed by atoms with Gasteiger partial charge in [-0.3, -0.25) is 4.79 Å². The molecule has 21 heavy (non-hydrogen) atoms. The monoisotopic (exact) mass is 288 g/mol. The first kappa shape index (κ1) is 15.3. The third-order valence-corrected chi connectivity index (χ3v) is 3.19. The summed E-state index contributed by atoms with van der Waals surface area (Å²) in [5.41, 5.74) is 6.74. The lowest BCUT2D eigenvalue weighted by Gasteiger charge is -2.13. The van der Waals surface area contributed by atoms with Crippen LogP contribution in [-0.4, -0.2) is 32.8 Å². The highest BCUT2D eigenvalue weighted by atomic mass is 16.5. The Morgan fingerprint density at radius 2 is 2.05 bits per heavy atom. The lowest BCUT2D eigenvalue weighted by molar-refractivity contribution is -0.123. The number of carbonyl (C=O) groups is 1. The largest absolute Gasteiger partial charge is 0.483 e. The van der Waals surface area contributed by atoms with Gasteiger partial charge in [0, 0.05) is 25.8 Å². The van der Waals surface area contributed by atoms with Crippen molar-refractivity contribution in [3.63, 3.8) is 0 Å². The summed E-state index contributed by atoms with van der Waals surface area (Å²) in [6.45, 7) is 1.28. The number of ether oxygens (including phenoxy) is 2. The van der Waals surface area contributed by atoms with Crippen molar-refractivity contribution in [1.29, 1.82) is 0 Å². The van der Waals surface area contributed by atoms with E-state index in [2.05, 4.69) is 5.32 Å². The summed E-state index contributed by atoms with van der Waals surface area (Å²) >= 11 is 0. The second-order valence-electron chi connectivity index (χ2n) is 4.60. The molecule has 0 aliphatic rings. The van der Waals surface area contributed by atoms with Gasteiger partial charge in [-0.25, -0.2) is 0 Å². The summed E-state index contributed by atoms with van der Waals surface area (Å²) in [6.07, 6.45) is 0. The topological polar surface area (TPSA) is 73.6 Å². The van der Waals surface area contributed by atoms with E-state index in [4.69, 9.17) is 15.2 Å². The zero-order valence-electron chi connectivity index (χ0n) is 12.1. The zero-order chi connectivity index (χ0) is 15.1. The Hall–Kier alpha value is -2.11. The smallest absolute Gasteiger partial charge is 0.258 e. The van der Waals surface area contributed by atoms with E-state index in [1.54, 1.807) is 7.11 Å². The number of nitrogens with two attached hydrogens (primary N) is 1. The molecule has 0 unspecified atom stereocenters. The molecule has 0 heterocycles. The van der Waals surface area contributed by atoms with Crippen molar-refractivity contribution in [3.05, 3.63) is 42.0 Å². The van der Waals surface area contributed by atoms with Gasteiger partial charge in [0.1, 0.15) is 5.75 Å². The molecule has 2 rings (SSSR count). The molecule has 0 aliphatic carbocycles. The molecular formula is C16H20N2O3. The molecule has 0 spiro atoms. The molecule has 5 nitrogen and oxygen atoms in total. The van der Waals surface area contributed by atoms with Crippen LogP contribution in [0.2, 0.25) is 0 Å². The van der Waals surface area contributed by atoms with E-state index in [0.717, 1.165) is 16.3 Å². The van der Waals surface area contributed by atoms with Crippen molar-refractivity contribution in [3.8, 4) is 5.75 Å². The van der Waals surface area contributed by atoms with Gasteiger partial charge in [0.05, 0.1) is 6.61 Å². The number of amides is 1. The third kappa shape index (κ3) is 3.93. The van der Waals surface area contributed by atoms with E-state index in [1.807, 2.05) is 36.4 Å². The van der Waals surface area contributed by atoms with Gasteiger partial charge in [-0.15, -0.1) is 0 Å². The van der Waals surface area contributed by atoms with E-state index in [-0.39, 0.29) is 12.5 Å². The van der Waals surface area contributed by atoms with E-state index in [0.29, 0.717) is 25.4 Å². The number of rotatable bonds is 7. The minimum atomic E-state index is -0.178. The van der Waals surface area contributed by atoms with Gasteiger partial charge in [0.25, 0.3) is 5.91 Å². The van der Waals surface area contributed by atoms with Crippen LogP contribution in [0.1, 0.15) is 5.56 Å². The van der Waals surface area contributed by atoms with Crippen LogP contribution in [0.15, 0.2) is 36.4 Å². The highest BCUT2D eigenvalue weighted by molar-refractivity contribution is 5.88. The van der Waals surface area contributed by atoms with Gasteiger partial charge in [-0.2, -0.15) is 0 Å². The first-order valence-corrected chi connectivity index (χ1v) is 6.85. The number of fused-ring (bicyclic) bond motifs is 1. The van der Waals surface area contributed by atoms with E-state index in [1.165, 1.54) is 0 Å². The van der Waals surface area contributed by atoms with Gasteiger partial charge in [-0.1, -0.05) is 30.3 Å². The summed E-state index contributed by atoms with van der Waals surface area (Å²) in [5.74, 6) is 0.473. The summed E-state index contributed by atoms with van der Waals surface area (Å²) in [6, 6.07) is 11.8. The molecule has 2 aromatic carbocycles. The average Bonchev–Trinajstić information content (AvgIpc) is 2.52. The molecule has 5 heteroatoms. The molecule has 112 valence electrons. The van der Waals surface area contributed by atoms with Gasteiger partial charge in [-0.05, 0) is 16.8 Å². The van der Waals surface area contributed by atoms with Crippen LogP contribution < -0.4 is 15.8 Å². The molecule has 0 aromatic heterocycles. The van der Waals surface area contributed by atoms with Gasteiger partial charge in [0.2, 0.25) is 0 Å². The zero-order valence-corrected chi connectivity index (χ0v) is 12.1. The Balaban J connectivity index is 2.06. The molecule has 2 aromatic rings. The fourth-order valence-electron chi connectivity index (χ4n) is 2.15. The molecule has 0 saturated heterocycles. The van der Waals surface area contributed by atoms with E-state index in [9.17, 15) is 4.79 Å². The average molecular weight is 288 g/mol. The first-order valence-electron chi connectivity index (χ1n) is 6.85. The molecule has 0 saturated carbocycles. The summed E-state index contributed by atoms with van der Waals surface area (Å²) in [4.78, 5) is 11.6. The van der Waals surface area contributed by atoms with Crippen molar-refractivity contribution >= 4 is 16.7 Å². The van der Waals surface area contributed by atoms with E-state index >= 15 is 0 Å². The van der Waals surface area contributed by atoms with Crippen molar-refractivity contribution in [2.45, 2.75) is 6.54 Å². The third-order valence-electron chi connectivity index (χ3n) is 3.19. The molecule has 0 bridgehead atoms. The van der Waals surface area contributed by atoms with Crippen LogP contribution in [0.4, 0.5) is 0 Å². The molecule has 1 amide bonds. The second-order valence-corrected chi connectivity index (χ2v) is 4.60. The predicted molar refractivity (Wildman–Crippen MR) is 82.2 cm³/mol. The summed E-state index contributed by atoms with van der Waals surface area (Å²) in [7, 11) is 1.59. The second kappa shape index (κ2) is 7.61.